The lowest BCUT2D eigenvalue weighted by molar-refractivity contribution is 0.208. The van der Waals surface area contributed by atoms with Crippen LogP contribution in [0.15, 0.2) is 6.20 Å². The fraction of sp³-hybridized carbons (Fsp3) is 0.875. The molecule has 120 valence electrons. The van der Waals surface area contributed by atoms with Gasteiger partial charge in [-0.25, -0.2) is 0 Å². The molecule has 1 aromatic heterocycles. The van der Waals surface area contributed by atoms with Gasteiger partial charge in [-0.15, -0.1) is 5.10 Å². The van der Waals surface area contributed by atoms with Gasteiger partial charge in [0.1, 0.15) is 0 Å². The van der Waals surface area contributed by atoms with Gasteiger partial charge in [0.2, 0.25) is 0 Å². The molecule has 1 aliphatic rings. The van der Waals surface area contributed by atoms with Crippen molar-refractivity contribution in [3.63, 3.8) is 0 Å². The number of aromatic nitrogens is 3. The van der Waals surface area contributed by atoms with Crippen LogP contribution >= 0.6 is 0 Å². The highest BCUT2D eigenvalue weighted by Gasteiger charge is 2.20. The third-order valence-corrected chi connectivity index (χ3v) is 3.63. The first-order valence-corrected chi connectivity index (χ1v) is 8.37. The molecule has 5 nitrogen and oxygen atoms in total. The molecule has 1 fully saturated rings. The average Bonchev–Trinajstić information content (AvgIpc) is 3.11. The van der Waals surface area contributed by atoms with Gasteiger partial charge in [-0.2, -0.15) is 0 Å². The van der Waals surface area contributed by atoms with Crippen LogP contribution in [0.4, 0.5) is 0 Å². The number of hydrogen-bond acceptors (Lipinski definition) is 4. The van der Waals surface area contributed by atoms with Crippen LogP contribution in [-0.2, 0) is 13.1 Å². The lowest BCUT2D eigenvalue weighted by Crippen LogP contribution is -2.34. The fourth-order valence-corrected chi connectivity index (χ4v) is 2.60. The predicted molar refractivity (Wildman–Crippen MR) is 86.0 cm³/mol. The first kappa shape index (κ1) is 16.4. The molecule has 0 atom stereocenters. The summed E-state index contributed by atoms with van der Waals surface area (Å²) in [6.07, 6.45) is 4.71. The molecule has 0 radical (unpaired) electrons. The molecule has 1 N–H and O–H groups in total. The van der Waals surface area contributed by atoms with Gasteiger partial charge in [-0.05, 0) is 24.7 Å². The van der Waals surface area contributed by atoms with Gasteiger partial charge in [0.05, 0.1) is 12.2 Å². The van der Waals surface area contributed by atoms with Crippen molar-refractivity contribution in [1.82, 2.24) is 25.2 Å². The molecule has 1 aliphatic carbocycles. The minimum atomic E-state index is 0.706. The van der Waals surface area contributed by atoms with E-state index >= 15 is 0 Å². The van der Waals surface area contributed by atoms with Crippen LogP contribution in [-0.4, -0.2) is 45.6 Å². The summed E-state index contributed by atoms with van der Waals surface area (Å²) < 4.78 is 1.98. The Morgan fingerprint density at radius 2 is 1.90 bits per heavy atom. The first-order valence-electron chi connectivity index (χ1n) is 8.37. The van der Waals surface area contributed by atoms with Crippen molar-refractivity contribution in [2.75, 3.05) is 19.6 Å². The van der Waals surface area contributed by atoms with E-state index < -0.39 is 0 Å². The van der Waals surface area contributed by atoms with E-state index in [9.17, 15) is 0 Å². The Balaban J connectivity index is 1.75. The lowest BCUT2D eigenvalue weighted by Gasteiger charge is -2.25. The van der Waals surface area contributed by atoms with Crippen molar-refractivity contribution < 1.29 is 0 Å². The van der Waals surface area contributed by atoms with E-state index in [1.54, 1.807) is 0 Å². The second-order valence-electron chi connectivity index (χ2n) is 7.18. The van der Waals surface area contributed by atoms with Crippen molar-refractivity contribution in [2.24, 2.45) is 11.8 Å². The normalized spacial score (nSPS) is 15.6. The Bertz CT molecular complexity index is 399. The van der Waals surface area contributed by atoms with E-state index in [0.717, 1.165) is 44.5 Å². The van der Waals surface area contributed by atoms with Gasteiger partial charge in [-0.1, -0.05) is 32.9 Å². The molecule has 0 aromatic carbocycles. The third kappa shape index (κ3) is 6.57. The van der Waals surface area contributed by atoms with Gasteiger partial charge in [0.15, 0.2) is 0 Å². The summed E-state index contributed by atoms with van der Waals surface area (Å²) in [4.78, 5) is 2.54. The van der Waals surface area contributed by atoms with Gasteiger partial charge in [0.25, 0.3) is 0 Å². The Labute approximate surface area is 129 Å². The van der Waals surface area contributed by atoms with Crippen molar-refractivity contribution in [2.45, 2.75) is 59.7 Å². The Morgan fingerprint density at radius 1 is 1.24 bits per heavy atom. The molecule has 0 bridgehead atoms. The molecule has 0 aliphatic heterocycles. The Morgan fingerprint density at radius 3 is 2.48 bits per heavy atom. The Kier molecular flexibility index (Phi) is 6.18. The summed E-state index contributed by atoms with van der Waals surface area (Å²) in [5, 5.41) is 12.0. The highest BCUT2D eigenvalue weighted by atomic mass is 15.4. The van der Waals surface area contributed by atoms with E-state index in [4.69, 9.17) is 0 Å². The van der Waals surface area contributed by atoms with E-state index in [1.807, 2.05) is 4.68 Å². The standard InChI is InChI=1S/C16H31N5/c1-13(2)10-20(11-14(3)4)7-8-21-12-16(18-19-21)9-17-15-5-6-15/h12-15,17H,5-11H2,1-4H3. The maximum atomic E-state index is 4.25. The molecule has 0 saturated heterocycles. The largest absolute Gasteiger partial charge is 0.308 e. The first-order chi connectivity index (χ1) is 10.0. The van der Waals surface area contributed by atoms with Crippen LogP contribution in [0.1, 0.15) is 46.2 Å². The quantitative estimate of drug-likeness (QED) is 0.718. The maximum Gasteiger partial charge on any atom is 0.0964 e. The lowest BCUT2D eigenvalue weighted by atomic mass is 10.1. The second kappa shape index (κ2) is 7.90. The summed E-state index contributed by atoms with van der Waals surface area (Å²) in [5.74, 6) is 1.41. The maximum absolute atomic E-state index is 4.25. The summed E-state index contributed by atoms with van der Waals surface area (Å²) in [6.45, 7) is 14.3. The van der Waals surface area contributed by atoms with Crippen LogP contribution in [0, 0.1) is 11.8 Å². The molecular formula is C16H31N5. The van der Waals surface area contributed by atoms with E-state index in [-0.39, 0.29) is 0 Å². The third-order valence-electron chi connectivity index (χ3n) is 3.63. The SMILES string of the molecule is CC(C)CN(CCn1cc(CNC2CC2)nn1)CC(C)C. The summed E-state index contributed by atoms with van der Waals surface area (Å²) in [6, 6.07) is 0.725. The molecule has 0 spiro atoms. The van der Waals surface area contributed by atoms with E-state index in [2.05, 4.69) is 54.4 Å². The minimum Gasteiger partial charge on any atom is -0.308 e. The van der Waals surface area contributed by atoms with Gasteiger partial charge < -0.3 is 10.2 Å². The van der Waals surface area contributed by atoms with Crippen molar-refractivity contribution in [3.8, 4) is 0 Å². The molecule has 1 saturated carbocycles. The zero-order valence-electron chi connectivity index (χ0n) is 14.0. The van der Waals surface area contributed by atoms with Crippen LogP contribution in [0.3, 0.4) is 0 Å². The second-order valence-corrected chi connectivity index (χ2v) is 7.18. The minimum absolute atomic E-state index is 0.706. The summed E-state index contributed by atoms with van der Waals surface area (Å²) >= 11 is 0. The van der Waals surface area contributed by atoms with Gasteiger partial charge in [0, 0.05) is 38.4 Å². The number of hydrogen-bond donors (Lipinski definition) is 1. The zero-order valence-corrected chi connectivity index (χ0v) is 14.0. The zero-order chi connectivity index (χ0) is 15.2. The molecule has 0 amide bonds. The summed E-state index contributed by atoms with van der Waals surface area (Å²) in [7, 11) is 0. The average molecular weight is 293 g/mol. The topological polar surface area (TPSA) is 46.0 Å². The fourth-order valence-electron chi connectivity index (χ4n) is 2.60. The van der Waals surface area contributed by atoms with E-state index in [1.165, 1.54) is 12.8 Å². The number of nitrogens with one attached hydrogen (secondary N) is 1. The van der Waals surface area contributed by atoms with Crippen LogP contribution in [0.25, 0.3) is 0 Å². The highest BCUT2D eigenvalue weighted by Crippen LogP contribution is 2.18. The smallest absolute Gasteiger partial charge is 0.0964 e. The number of rotatable bonds is 10. The molecule has 21 heavy (non-hydrogen) atoms. The van der Waals surface area contributed by atoms with E-state index in [0.29, 0.717) is 11.8 Å². The Hall–Kier alpha value is -0.940. The molecule has 2 rings (SSSR count). The molecule has 1 heterocycles. The van der Waals surface area contributed by atoms with Crippen molar-refractivity contribution in [1.29, 1.82) is 0 Å². The van der Waals surface area contributed by atoms with Gasteiger partial charge in [-0.3, -0.25) is 4.68 Å². The highest BCUT2D eigenvalue weighted by molar-refractivity contribution is 4.94. The molecular weight excluding hydrogens is 262 g/mol. The molecule has 5 heteroatoms. The molecule has 0 unspecified atom stereocenters. The predicted octanol–water partition coefficient (Wildman–Crippen LogP) is 2.14. The molecule has 1 aromatic rings. The number of nitrogens with zero attached hydrogens (tertiary/aromatic N) is 4. The van der Waals surface area contributed by atoms with Crippen molar-refractivity contribution in [3.05, 3.63) is 11.9 Å². The van der Waals surface area contributed by atoms with Crippen LogP contribution in [0.2, 0.25) is 0 Å². The van der Waals surface area contributed by atoms with Gasteiger partial charge >= 0.3 is 0 Å². The van der Waals surface area contributed by atoms with Crippen LogP contribution in [0.5, 0.6) is 0 Å². The summed E-state index contributed by atoms with van der Waals surface area (Å²) in [5.41, 5.74) is 1.06. The van der Waals surface area contributed by atoms with Crippen molar-refractivity contribution >= 4 is 0 Å². The monoisotopic (exact) mass is 293 g/mol. The van der Waals surface area contributed by atoms with Crippen LogP contribution < -0.4 is 5.32 Å².